The highest BCUT2D eigenvalue weighted by molar-refractivity contribution is 6.17. The van der Waals surface area contributed by atoms with Crippen LogP contribution in [-0.2, 0) is 4.79 Å². The molecule has 0 saturated heterocycles. The first-order chi connectivity index (χ1) is 15.0. The van der Waals surface area contributed by atoms with Gasteiger partial charge in [0.2, 0.25) is 0 Å². The summed E-state index contributed by atoms with van der Waals surface area (Å²) in [5.41, 5.74) is 2.21. The average Bonchev–Trinajstić information content (AvgIpc) is 3.41. The number of aromatic nitrogens is 3. The zero-order valence-corrected chi connectivity index (χ0v) is 18.5. The molecule has 1 atom stereocenters. The van der Waals surface area contributed by atoms with Crippen molar-refractivity contribution in [2.45, 2.75) is 51.5 Å². The third-order valence-corrected chi connectivity index (χ3v) is 5.70. The van der Waals surface area contributed by atoms with E-state index in [1.165, 1.54) is 19.1 Å². The van der Waals surface area contributed by atoms with Crippen LogP contribution in [0.4, 0.5) is 11.6 Å². The summed E-state index contributed by atoms with van der Waals surface area (Å²) >= 11 is 0. The van der Waals surface area contributed by atoms with Gasteiger partial charge in [-0.3, -0.25) is 9.79 Å². The summed E-state index contributed by atoms with van der Waals surface area (Å²) in [6.45, 7) is 7.72. The lowest BCUT2D eigenvalue weighted by Crippen LogP contribution is -2.30. The van der Waals surface area contributed by atoms with Crippen molar-refractivity contribution in [2.75, 3.05) is 24.3 Å². The molecule has 1 amide bonds. The number of nitrogens with one attached hydrogen (secondary N) is 2. The molecule has 166 valence electrons. The fourth-order valence-corrected chi connectivity index (χ4v) is 3.91. The molecule has 3 N–H and O–H groups in total. The number of hydrogen-bond acceptors (Lipinski definition) is 6. The van der Waals surface area contributed by atoms with Gasteiger partial charge in [-0.25, -0.2) is 4.98 Å². The molecular weight excluding hydrogens is 392 g/mol. The fraction of sp³-hybridized carbons (Fsp3) is 0.478. The Kier molecular flexibility index (Phi) is 7.57. The van der Waals surface area contributed by atoms with Gasteiger partial charge in [-0.1, -0.05) is 39.3 Å². The number of fused-ring (bicyclic) bond motifs is 1. The molecule has 3 rings (SSSR count). The van der Waals surface area contributed by atoms with Gasteiger partial charge in [0.25, 0.3) is 5.91 Å². The van der Waals surface area contributed by atoms with E-state index in [0.717, 1.165) is 24.1 Å². The molecule has 1 unspecified atom stereocenters. The zero-order valence-electron chi connectivity index (χ0n) is 18.5. The van der Waals surface area contributed by atoms with Crippen LogP contribution >= 0.6 is 0 Å². The van der Waals surface area contributed by atoms with Crippen LogP contribution in [0.15, 0.2) is 41.6 Å². The molecule has 8 heteroatoms. The number of aliphatic hydroxyl groups is 1. The van der Waals surface area contributed by atoms with E-state index in [1.807, 2.05) is 20.0 Å². The maximum absolute atomic E-state index is 12.9. The first kappa shape index (κ1) is 22.7. The van der Waals surface area contributed by atoms with Crippen LogP contribution in [0.3, 0.4) is 0 Å². The molecule has 1 fully saturated rings. The third kappa shape index (κ3) is 5.19. The Morgan fingerprint density at radius 2 is 2.16 bits per heavy atom. The number of rotatable bonds is 9. The lowest BCUT2D eigenvalue weighted by Gasteiger charge is -2.21. The molecule has 0 aliphatic heterocycles. The van der Waals surface area contributed by atoms with Gasteiger partial charge in [0, 0.05) is 24.9 Å². The van der Waals surface area contributed by atoms with Gasteiger partial charge in [0.15, 0.2) is 5.65 Å². The number of hydrogen-bond donors (Lipinski definition) is 3. The molecule has 31 heavy (non-hydrogen) atoms. The van der Waals surface area contributed by atoms with Crippen molar-refractivity contribution in [2.24, 2.45) is 10.9 Å². The van der Waals surface area contributed by atoms with Crippen LogP contribution in [0, 0.1) is 5.92 Å². The van der Waals surface area contributed by atoms with Crippen molar-refractivity contribution >= 4 is 29.4 Å². The van der Waals surface area contributed by atoms with Crippen LogP contribution in [0.2, 0.25) is 0 Å². The highest BCUT2D eigenvalue weighted by atomic mass is 16.3. The van der Waals surface area contributed by atoms with E-state index in [2.05, 4.69) is 27.3 Å². The Labute approximate surface area is 183 Å². The molecule has 0 spiro atoms. The fourth-order valence-electron chi connectivity index (χ4n) is 3.91. The molecule has 1 aliphatic carbocycles. The molecule has 1 aliphatic rings. The highest BCUT2D eigenvalue weighted by Gasteiger charge is 2.24. The summed E-state index contributed by atoms with van der Waals surface area (Å²) in [5, 5.41) is 20.5. The molecule has 2 aromatic heterocycles. The number of allylic oxidation sites excluding steroid dienone is 2. The maximum atomic E-state index is 12.9. The van der Waals surface area contributed by atoms with Crippen molar-refractivity contribution < 1.29 is 9.90 Å². The van der Waals surface area contributed by atoms with E-state index in [1.54, 1.807) is 29.8 Å². The zero-order chi connectivity index (χ0) is 22.4. The number of anilines is 2. The smallest absolute Gasteiger partial charge is 0.258 e. The van der Waals surface area contributed by atoms with Crippen LogP contribution in [0.25, 0.3) is 5.65 Å². The summed E-state index contributed by atoms with van der Waals surface area (Å²) in [6.07, 6.45) is 11.1. The van der Waals surface area contributed by atoms with Gasteiger partial charge < -0.3 is 15.7 Å². The normalized spacial score (nSPS) is 16.4. The first-order valence-corrected chi connectivity index (χ1v) is 10.8. The number of carbonyl (C=O) groups is 1. The van der Waals surface area contributed by atoms with Crippen molar-refractivity contribution in [1.29, 1.82) is 0 Å². The minimum absolute atomic E-state index is 0.0137. The lowest BCUT2D eigenvalue weighted by atomic mass is 10.0. The van der Waals surface area contributed by atoms with E-state index in [-0.39, 0.29) is 24.5 Å². The summed E-state index contributed by atoms with van der Waals surface area (Å²) in [4.78, 5) is 21.6. The predicted molar refractivity (Wildman–Crippen MR) is 125 cm³/mol. The molecule has 1 saturated carbocycles. The largest absolute Gasteiger partial charge is 0.394 e. The van der Waals surface area contributed by atoms with E-state index >= 15 is 0 Å². The SMILES string of the molecule is C=C/C=C(\C=NC)C(=O)Nc1cc(NC(CO)C(C)C)nc2c(C3CCCC3)cnn12. The van der Waals surface area contributed by atoms with Gasteiger partial charge in [-0.05, 0) is 30.8 Å². The molecule has 0 radical (unpaired) electrons. The van der Waals surface area contributed by atoms with Gasteiger partial charge in [-0.2, -0.15) is 9.61 Å². The second-order valence-corrected chi connectivity index (χ2v) is 8.22. The second kappa shape index (κ2) is 10.3. The topological polar surface area (TPSA) is 104 Å². The Morgan fingerprint density at radius 1 is 1.42 bits per heavy atom. The summed E-state index contributed by atoms with van der Waals surface area (Å²) in [5.74, 6) is 1.41. The summed E-state index contributed by atoms with van der Waals surface area (Å²) in [6, 6.07) is 1.59. The monoisotopic (exact) mass is 424 g/mol. The van der Waals surface area contributed by atoms with Crippen molar-refractivity contribution in [3.05, 3.63) is 42.1 Å². The number of amides is 1. The summed E-state index contributed by atoms with van der Waals surface area (Å²) in [7, 11) is 1.61. The minimum atomic E-state index is -0.315. The van der Waals surface area contributed by atoms with Gasteiger partial charge in [0.05, 0.1) is 24.4 Å². The second-order valence-electron chi connectivity index (χ2n) is 8.22. The molecular formula is C23H32N6O2. The number of aliphatic hydroxyl groups excluding tert-OH is 1. The summed E-state index contributed by atoms with van der Waals surface area (Å²) < 4.78 is 1.68. The van der Waals surface area contributed by atoms with Gasteiger partial charge in [0.1, 0.15) is 11.6 Å². The predicted octanol–water partition coefficient (Wildman–Crippen LogP) is 3.57. The van der Waals surface area contributed by atoms with Crippen molar-refractivity contribution in [3.8, 4) is 0 Å². The Balaban J connectivity index is 2.04. The van der Waals surface area contributed by atoms with Crippen LogP contribution < -0.4 is 10.6 Å². The van der Waals surface area contributed by atoms with Crippen LogP contribution in [0.5, 0.6) is 0 Å². The molecule has 0 bridgehead atoms. The standard InChI is InChI=1S/C23H32N6O2/c1-5-8-17(12-24-4)23(31)28-21-11-20(26-19(14-30)15(2)3)27-22-18(13-25-29(21)22)16-9-6-7-10-16/h5,8,11-13,15-16,19,30H,1,6-7,9-10,14H2,2-4H3,(H,26,27)(H,28,31)/b17-8+,24-12?. The number of nitrogens with zero attached hydrogens (tertiary/aromatic N) is 4. The Bertz CT molecular complexity index is 985. The van der Waals surface area contributed by atoms with E-state index in [9.17, 15) is 9.90 Å². The quantitative estimate of drug-likeness (QED) is 0.324. The molecule has 2 heterocycles. The maximum Gasteiger partial charge on any atom is 0.258 e. The lowest BCUT2D eigenvalue weighted by molar-refractivity contribution is -0.112. The molecule has 8 nitrogen and oxygen atoms in total. The minimum Gasteiger partial charge on any atom is -0.394 e. The molecule has 0 aromatic carbocycles. The van der Waals surface area contributed by atoms with E-state index in [4.69, 9.17) is 4.98 Å². The number of carbonyl (C=O) groups excluding carboxylic acids is 1. The third-order valence-electron chi connectivity index (χ3n) is 5.70. The number of aliphatic imine (C=N–C) groups is 1. The van der Waals surface area contributed by atoms with Crippen molar-refractivity contribution in [1.82, 2.24) is 14.6 Å². The van der Waals surface area contributed by atoms with Crippen molar-refractivity contribution in [3.63, 3.8) is 0 Å². The Morgan fingerprint density at radius 3 is 2.77 bits per heavy atom. The highest BCUT2D eigenvalue weighted by Crippen LogP contribution is 2.36. The van der Waals surface area contributed by atoms with Crippen LogP contribution in [-0.4, -0.2) is 51.5 Å². The van der Waals surface area contributed by atoms with Gasteiger partial charge in [-0.15, -0.1) is 0 Å². The Hall–Kier alpha value is -3.00. The van der Waals surface area contributed by atoms with E-state index < -0.39 is 0 Å². The van der Waals surface area contributed by atoms with Gasteiger partial charge >= 0.3 is 0 Å². The molecule has 2 aromatic rings. The van der Waals surface area contributed by atoms with Crippen LogP contribution in [0.1, 0.15) is 51.0 Å². The average molecular weight is 425 g/mol. The van der Waals surface area contributed by atoms with E-state index in [0.29, 0.717) is 23.1 Å². The first-order valence-electron chi connectivity index (χ1n) is 10.8.